The molecular weight excluding hydrogens is 174 g/mol. The second-order valence-corrected chi connectivity index (χ2v) is 3.12. The van der Waals surface area contributed by atoms with Crippen molar-refractivity contribution in [3.05, 3.63) is 0 Å². The molecule has 0 aromatic heterocycles. The van der Waals surface area contributed by atoms with Gasteiger partial charge in [-0.1, -0.05) is 13.8 Å². The third kappa shape index (κ3) is 6.10. The van der Waals surface area contributed by atoms with Crippen LogP contribution >= 0.6 is 0 Å². The molecule has 5 nitrogen and oxygen atoms in total. The summed E-state index contributed by atoms with van der Waals surface area (Å²) in [6, 6.07) is -0.791. The van der Waals surface area contributed by atoms with Gasteiger partial charge in [0.05, 0.1) is 0 Å². The van der Waals surface area contributed by atoms with Gasteiger partial charge in [0.2, 0.25) is 0 Å². The van der Waals surface area contributed by atoms with Crippen LogP contribution in [0.1, 0.15) is 26.7 Å². The zero-order valence-corrected chi connectivity index (χ0v) is 7.74. The number of hydrogen-bond acceptors (Lipinski definition) is 4. The highest BCUT2D eigenvalue weighted by atomic mass is 16.4. The Hall–Kier alpha value is -1.10. The normalized spacial score (nSPS) is 12.8. The maximum atomic E-state index is 10.6. The van der Waals surface area contributed by atoms with Gasteiger partial charge in [-0.05, 0) is 12.8 Å². The van der Waals surface area contributed by atoms with Gasteiger partial charge in [-0.2, -0.15) is 0 Å². The highest BCUT2D eigenvalue weighted by molar-refractivity contribution is 5.74. The van der Waals surface area contributed by atoms with Crippen LogP contribution in [0, 0.1) is 0 Å². The monoisotopic (exact) mass is 188 g/mol. The van der Waals surface area contributed by atoms with Crippen molar-refractivity contribution >= 4 is 11.9 Å². The molecule has 0 radical (unpaired) electrons. The van der Waals surface area contributed by atoms with E-state index >= 15 is 0 Å². The van der Waals surface area contributed by atoms with Gasteiger partial charge in [-0.3, -0.25) is 4.79 Å². The molecule has 0 aliphatic heterocycles. The van der Waals surface area contributed by atoms with Crippen LogP contribution in [0.2, 0.25) is 0 Å². The van der Waals surface area contributed by atoms with Gasteiger partial charge < -0.3 is 20.3 Å². The molecule has 0 saturated heterocycles. The molecule has 0 bridgehead atoms. The molecule has 0 aromatic rings. The van der Waals surface area contributed by atoms with Crippen LogP contribution in [0.4, 0.5) is 0 Å². The maximum absolute atomic E-state index is 10.6. The minimum atomic E-state index is -1.23. The van der Waals surface area contributed by atoms with Crippen LogP contribution in [0.15, 0.2) is 0 Å². The van der Waals surface area contributed by atoms with Gasteiger partial charge in [0, 0.05) is 12.0 Å². The number of carboxylic acids is 2. The topological polar surface area (TPSA) is 89.5 Å². The summed E-state index contributed by atoms with van der Waals surface area (Å²) in [5, 5.41) is 21.5. The molecule has 5 heteroatoms. The smallest absolute Gasteiger partial charge is 0.320 e. The van der Waals surface area contributed by atoms with Gasteiger partial charge >= 0.3 is 5.97 Å². The van der Waals surface area contributed by atoms with Gasteiger partial charge in [-0.25, -0.2) is 0 Å². The summed E-state index contributed by atoms with van der Waals surface area (Å²) in [7, 11) is 0. The number of hydrogen-bond donors (Lipinski definition) is 2. The van der Waals surface area contributed by atoms with E-state index in [0.717, 1.165) is 0 Å². The Morgan fingerprint density at radius 3 is 2.31 bits per heavy atom. The Balaban J connectivity index is 3.95. The molecule has 2 N–H and O–H groups in total. The largest absolute Gasteiger partial charge is 0.550 e. The van der Waals surface area contributed by atoms with E-state index in [4.69, 9.17) is 5.11 Å². The average molecular weight is 188 g/mol. The predicted octanol–water partition coefficient (Wildman–Crippen LogP) is -1.03. The summed E-state index contributed by atoms with van der Waals surface area (Å²) in [5.41, 5.74) is 0. The molecule has 13 heavy (non-hydrogen) atoms. The van der Waals surface area contributed by atoms with Crippen molar-refractivity contribution in [2.75, 3.05) is 0 Å². The van der Waals surface area contributed by atoms with Crippen LogP contribution in [-0.4, -0.2) is 29.1 Å². The molecule has 0 spiro atoms. The highest BCUT2D eigenvalue weighted by Crippen LogP contribution is 1.98. The number of nitrogens with one attached hydrogen (secondary N) is 1. The molecule has 0 unspecified atom stereocenters. The molecule has 0 saturated carbocycles. The molecule has 0 fully saturated rings. The van der Waals surface area contributed by atoms with Crippen LogP contribution in [0.25, 0.3) is 0 Å². The molecular formula is C8H14NO4-. The van der Waals surface area contributed by atoms with Crippen LogP contribution in [-0.2, 0) is 9.59 Å². The minimum absolute atomic E-state index is 0.0165. The Labute approximate surface area is 76.8 Å². The Morgan fingerprint density at radius 2 is 2.00 bits per heavy atom. The summed E-state index contributed by atoms with van der Waals surface area (Å²) < 4.78 is 0. The van der Waals surface area contributed by atoms with E-state index in [1.165, 1.54) is 0 Å². The van der Waals surface area contributed by atoms with Crippen LogP contribution in [0.5, 0.6) is 0 Å². The predicted molar refractivity (Wildman–Crippen MR) is 43.9 cm³/mol. The van der Waals surface area contributed by atoms with Gasteiger partial charge in [0.1, 0.15) is 6.04 Å². The van der Waals surface area contributed by atoms with E-state index in [1.54, 1.807) is 13.8 Å². The fourth-order valence-electron chi connectivity index (χ4n) is 0.943. The number of carbonyl (C=O) groups is 2. The fraction of sp³-hybridized carbons (Fsp3) is 0.750. The molecule has 0 heterocycles. The van der Waals surface area contributed by atoms with Crippen LogP contribution in [0.3, 0.4) is 0 Å². The van der Waals surface area contributed by atoms with Crippen molar-refractivity contribution in [3.8, 4) is 0 Å². The first kappa shape index (κ1) is 11.9. The molecule has 0 aliphatic rings. The Bertz CT molecular complexity index is 191. The standard InChI is InChI=1S/C8H15NO4/c1-5(2)9-6(8(12)13)3-4-7(10)11/h5-6,9H,3-4H2,1-2H3,(H,10,11)(H,12,13)/p-1/t6-/m1/s1. The van der Waals surface area contributed by atoms with Crippen molar-refractivity contribution in [2.45, 2.75) is 38.8 Å². The first-order valence-corrected chi connectivity index (χ1v) is 4.12. The molecule has 0 amide bonds. The summed E-state index contributed by atoms with van der Waals surface area (Å²) in [5.74, 6) is -2.26. The second kappa shape index (κ2) is 5.53. The molecule has 76 valence electrons. The number of carbonyl (C=O) groups excluding carboxylic acids is 1. The molecule has 0 rings (SSSR count). The van der Waals surface area contributed by atoms with E-state index in [1.807, 2.05) is 0 Å². The lowest BCUT2D eigenvalue weighted by Gasteiger charge is -2.17. The van der Waals surface area contributed by atoms with Gasteiger partial charge in [0.15, 0.2) is 0 Å². The lowest BCUT2D eigenvalue weighted by Crippen LogP contribution is -2.41. The first-order valence-electron chi connectivity index (χ1n) is 4.12. The van der Waals surface area contributed by atoms with Gasteiger partial charge in [-0.15, -0.1) is 0 Å². The Kier molecular flexibility index (Phi) is 5.06. The molecule has 0 aliphatic carbocycles. The van der Waals surface area contributed by atoms with Crippen molar-refractivity contribution in [1.29, 1.82) is 0 Å². The zero-order valence-electron chi connectivity index (χ0n) is 7.74. The van der Waals surface area contributed by atoms with Gasteiger partial charge in [0.25, 0.3) is 0 Å². The third-order valence-corrected chi connectivity index (χ3v) is 1.47. The quantitative estimate of drug-likeness (QED) is 0.556. The van der Waals surface area contributed by atoms with Crippen molar-refractivity contribution in [2.24, 2.45) is 0 Å². The second-order valence-electron chi connectivity index (χ2n) is 3.12. The van der Waals surface area contributed by atoms with Crippen LogP contribution < -0.4 is 10.4 Å². The average Bonchev–Trinajstić information content (AvgIpc) is 1.96. The maximum Gasteiger partial charge on any atom is 0.320 e. The summed E-state index contributed by atoms with van der Waals surface area (Å²) in [6.07, 6.45) is -0.188. The number of rotatable bonds is 6. The lowest BCUT2D eigenvalue weighted by molar-refractivity contribution is -0.305. The Morgan fingerprint density at radius 1 is 1.46 bits per heavy atom. The SMILES string of the molecule is CC(C)N[C@H](CCC(=O)[O-])C(=O)O. The van der Waals surface area contributed by atoms with E-state index in [0.29, 0.717) is 0 Å². The lowest BCUT2D eigenvalue weighted by atomic mass is 10.1. The van der Waals surface area contributed by atoms with Crippen molar-refractivity contribution < 1.29 is 19.8 Å². The first-order chi connectivity index (χ1) is 5.93. The van der Waals surface area contributed by atoms with Crippen molar-refractivity contribution in [3.63, 3.8) is 0 Å². The highest BCUT2D eigenvalue weighted by Gasteiger charge is 2.17. The zero-order chi connectivity index (χ0) is 10.4. The van der Waals surface area contributed by atoms with E-state index < -0.39 is 18.0 Å². The molecule has 0 aromatic carbocycles. The van der Waals surface area contributed by atoms with E-state index in [9.17, 15) is 14.7 Å². The number of carboxylic acid groups (broad SMARTS) is 2. The van der Waals surface area contributed by atoms with E-state index in [-0.39, 0.29) is 18.9 Å². The fourth-order valence-corrected chi connectivity index (χ4v) is 0.943. The summed E-state index contributed by atoms with van der Waals surface area (Å²) in [4.78, 5) is 20.7. The van der Waals surface area contributed by atoms with Crippen molar-refractivity contribution in [1.82, 2.24) is 5.32 Å². The van der Waals surface area contributed by atoms with E-state index in [2.05, 4.69) is 5.32 Å². The third-order valence-electron chi connectivity index (χ3n) is 1.47. The molecule has 1 atom stereocenters. The summed E-state index contributed by atoms with van der Waals surface area (Å²) in [6.45, 7) is 3.60. The summed E-state index contributed by atoms with van der Waals surface area (Å²) >= 11 is 0. The number of aliphatic carboxylic acids is 2. The minimum Gasteiger partial charge on any atom is -0.550 e.